The van der Waals surface area contributed by atoms with E-state index in [9.17, 15) is 4.39 Å². The third-order valence-electron chi connectivity index (χ3n) is 2.58. The molecule has 0 aromatic carbocycles. The third-order valence-corrected chi connectivity index (χ3v) is 2.58. The van der Waals surface area contributed by atoms with Crippen LogP contribution in [0.4, 0.5) is 4.39 Å². The van der Waals surface area contributed by atoms with Crippen LogP contribution in [0.25, 0.3) is 0 Å². The fourth-order valence-electron chi connectivity index (χ4n) is 1.85. The first-order valence-corrected chi connectivity index (χ1v) is 5.05. The van der Waals surface area contributed by atoms with Gasteiger partial charge < -0.3 is 4.90 Å². The Bertz CT molecular complexity index is 125. The maximum absolute atomic E-state index is 12.5. The molecule has 0 N–H and O–H groups in total. The molecule has 1 nitrogen and oxygen atoms in total. The highest BCUT2D eigenvalue weighted by molar-refractivity contribution is 4.70. The molecule has 0 amide bonds. The molecule has 0 bridgehead atoms. The average molecular weight is 173 g/mol. The van der Waals surface area contributed by atoms with Crippen molar-refractivity contribution in [1.29, 1.82) is 0 Å². The van der Waals surface area contributed by atoms with Crippen LogP contribution in [0.2, 0.25) is 0 Å². The SMILES string of the molecule is CC(F)CCN1CCCC(C)C1. The molecule has 2 heteroatoms. The van der Waals surface area contributed by atoms with E-state index in [1.54, 1.807) is 6.92 Å². The van der Waals surface area contributed by atoms with Gasteiger partial charge in [-0.05, 0) is 38.6 Å². The van der Waals surface area contributed by atoms with Gasteiger partial charge in [0.05, 0.1) is 6.17 Å². The van der Waals surface area contributed by atoms with Crippen LogP contribution in [0.5, 0.6) is 0 Å². The fraction of sp³-hybridized carbons (Fsp3) is 1.00. The van der Waals surface area contributed by atoms with Crippen LogP contribution in [0.3, 0.4) is 0 Å². The molecular weight excluding hydrogens is 153 g/mol. The summed E-state index contributed by atoms with van der Waals surface area (Å²) in [5.74, 6) is 0.814. The third kappa shape index (κ3) is 3.53. The second-order valence-corrected chi connectivity index (χ2v) is 4.12. The summed E-state index contributed by atoms with van der Waals surface area (Å²) < 4.78 is 12.5. The molecule has 1 heterocycles. The van der Waals surface area contributed by atoms with Crippen molar-refractivity contribution in [3.05, 3.63) is 0 Å². The minimum Gasteiger partial charge on any atom is -0.303 e. The molecule has 0 saturated carbocycles. The highest BCUT2D eigenvalue weighted by Crippen LogP contribution is 2.15. The predicted molar refractivity (Wildman–Crippen MR) is 50.0 cm³/mol. The van der Waals surface area contributed by atoms with Gasteiger partial charge in [0.15, 0.2) is 0 Å². The van der Waals surface area contributed by atoms with Gasteiger partial charge in [-0.1, -0.05) is 6.92 Å². The summed E-state index contributed by atoms with van der Waals surface area (Å²) in [4.78, 5) is 2.39. The standard InChI is InChI=1S/C10H20FN/c1-9-4-3-6-12(8-9)7-5-10(2)11/h9-10H,3-8H2,1-2H3. The van der Waals surface area contributed by atoms with E-state index in [-0.39, 0.29) is 0 Å². The van der Waals surface area contributed by atoms with E-state index in [0.29, 0.717) is 6.42 Å². The van der Waals surface area contributed by atoms with Crippen LogP contribution in [-0.2, 0) is 0 Å². The number of hydrogen-bond acceptors (Lipinski definition) is 1. The summed E-state index contributed by atoms with van der Waals surface area (Å²) in [5, 5.41) is 0. The molecule has 72 valence electrons. The molecule has 1 saturated heterocycles. The maximum atomic E-state index is 12.5. The molecule has 0 spiro atoms. The first kappa shape index (κ1) is 9.97. The van der Waals surface area contributed by atoms with Crippen molar-refractivity contribution in [3.8, 4) is 0 Å². The van der Waals surface area contributed by atoms with Gasteiger partial charge in [0.1, 0.15) is 0 Å². The summed E-state index contributed by atoms with van der Waals surface area (Å²) >= 11 is 0. The van der Waals surface area contributed by atoms with E-state index in [1.165, 1.54) is 25.9 Å². The molecule has 2 atom stereocenters. The Balaban J connectivity index is 2.14. The maximum Gasteiger partial charge on any atom is 0.0985 e. The number of halogens is 1. The Labute approximate surface area is 74.9 Å². The molecular formula is C10H20FN. The van der Waals surface area contributed by atoms with E-state index in [4.69, 9.17) is 0 Å². The van der Waals surface area contributed by atoms with E-state index in [1.807, 2.05) is 0 Å². The average Bonchev–Trinajstić information content (AvgIpc) is 2.01. The molecule has 12 heavy (non-hydrogen) atoms. The topological polar surface area (TPSA) is 3.24 Å². The Morgan fingerprint density at radius 3 is 2.92 bits per heavy atom. The molecule has 0 aliphatic carbocycles. The van der Waals surface area contributed by atoms with Crippen LogP contribution in [0.15, 0.2) is 0 Å². The Hall–Kier alpha value is -0.110. The van der Waals surface area contributed by atoms with Gasteiger partial charge in [0.2, 0.25) is 0 Å². The van der Waals surface area contributed by atoms with Crippen LogP contribution in [0.1, 0.15) is 33.1 Å². The Morgan fingerprint density at radius 2 is 2.33 bits per heavy atom. The zero-order valence-corrected chi connectivity index (χ0v) is 8.22. The summed E-state index contributed by atoms with van der Waals surface area (Å²) in [6.07, 6.45) is 2.71. The van der Waals surface area contributed by atoms with Crippen molar-refractivity contribution in [2.75, 3.05) is 19.6 Å². The lowest BCUT2D eigenvalue weighted by molar-refractivity contribution is 0.166. The van der Waals surface area contributed by atoms with Crippen molar-refractivity contribution in [2.24, 2.45) is 5.92 Å². The van der Waals surface area contributed by atoms with Crippen molar-refractivity contribution in [3.63, 3.8) is 0 Å². The van der Waals surface area contributed by atoms with Gasteiger partial charge >= 0.3 is 0 Å². The summed E-state index contributed by atoms with van der Waals surface area (Å²) in [5.41, 5.74) is 0. The van der Waals surface area contributed by atoms with Crippen molar-refractivity contribution in [2.45, 2.75) is 39.3 Å². The smallest absolute Gasteiger partial charge is 0.0985 e. The number of rotatable bonds is 3. The van der Waals surface area contributed by atoms with E-state index in [2.05, 4.69) is 11.8 Å². The second-order valence-electron chi connectivity index (χ2n) is 4.12. The van der Waals surface area contributed by atoms with E-state index in [0.717, 1.165) is 12.5 Å². The number of alkyl halides is 1. The highest BCUT2D eigenvalue weighted by atomic mass is 19.1. The molecule has 0 aromatic rings. The largest absolute Gasteiger partial charge is 0.303 e. The van der Waals surface area contributed by atoms with Gasteiger partial charge in [-0.15, -0.1) is 0 Å². The quantitative estimate of drug-likeness (QED) is 0.633. The van der Waals surface area contributed by atoms with Crippen LogP contribution in [0, 0.1) is 5.92 Å². The molecule has 1 aliphatic heterocycles. The lowest BCUT2D eigenvalue weighted by Gasteiger charge is -2.30. The second kappa shape index (κ2) is 4.80. The van der Waals surface area contributed by atoms with Gasteiger partial charge in [0, 0.05) is 13.1 Å². The summed E-state index contributed by atoms with van der Waals surface area (Å²) in [6.45, 7) is 7.23. The lowest BCUT2D eigenvalue weighted by atomic mass is 10.0. The van der Waals surface area contributed by atoms with Crippen molar-refractivity contribution in [1.82, 2.24) is 4.90 Å². The van der Waals surface area contributed by atoms with Gasteiger partial charge in [-0.25, -0.2) is 4.39 Å². The molecule has 2 unspecified atom stereocenters. The van der Waals surface area contributed by atoms with E-state index >= 15 is 0 Å². The number of hydrogen-bond donors (Lipinski definition) is 0. The molecule has 1 rings (SSSR count). The molecule has 0 aromatic heterocycles. The summed E-state index contributed by atoms with van der Waals surface area (Å²) in [7, 11) is 0. The number of likely N-dealkylation sites (tertiary alicyclic amines) is 1. The number of nitrogens with zero attached hydrogens (tertiary/aromatic N) is 1. The zero-order chi connectivity index (χ0) is 8.97. The normalized spacial score (nSPS) is 28.8. The van der Waals surface area contributed by atoms with Gasteiger partial charge in [0.25, 0.3) is 0 Å². The van der Waals surface area contributed by atoms with Crippen molar-refractivity contribution >= 4 is 0 Å². The first-order valence-electron chi connectivity index (χ1n) is 5.05. The van der Waals surface area contributed by atoms with Crippen LogP contribution >= 0.6 is 0 Å². The monoisotopic (exact) mass is 173 g/mol. The van der Waals surface area contributed by atoms with Crippen molar-refractivity contribution < 1.29 is 4.39 Å². The van der Waals surface area contributed by atoms with Gasteiger partial charge in [-0.3, -0.25) is 0 Å². The minimum absolute atomic E-state index is 0.637. The van der Waals surface area contributed by atoms with Crippen LogP contribution in [-0.4, -0.2) is 30.7 Å². The highest BCUT2D eigenvalue weighted by Gasteiger charge is 2.15. The molecule has 1 aliphatic rings. The summed E-state index contributed by atoms with van der Waals surface area (Å²) in [6, 6.07) is 0. The first-order chi connectivity index (χ1) is 5.68. The lowest BCUT2D eigenvalue weighted by Crippen LogP contribution is -2.35. The zero-order valence-electron chi connectivity index (χ0n) is 8.22. The van der Waals surface area contributed by atoms with Gasteiger partial charge in [-0.2, -0.15) is 0 Å². The molecule has 0 radical (unpaired) electrons. The van der Waals surface area contributed by atoms with Crippen LogP contribution < -0.4 is 0 Å². The van der Waals surface area contributed by atoms with E-state index < -0.39 is 6.17 Å². The predicted octanol–water partition coefficient (Wildman–Crippen LogP) is 2.47. The Morgan fingerprint density at radius 1 is 1.58 bits per heavy atom. The number of piperidine rings is 1. The molecule has 1 fully saturated rings. The fourth-order valence-corrected chi connectivity index (χ4v) is 1.85. The minimum atomic E-state index is -0.637. The Kier molecular flexibility index (Phi) is 3.99.